The molecular weight excluding hydrogens is 438 g/mol. The van der Waals surface area contributed by atoms with Crippen LogP contribution in [0.5, 0.6) is 5.75 Å². The van der Waals surface area contributed by atoms with Gasteiger partial charge in [-0.3, -0.25) is 4.79 Å². The lowest BCUT2D eigenvalue weighted by Crippen LogP contribution is -2.26. The van der Waals surface area contributed by atoms with Gasteiger partial charge in [-0.15, -0.1) is 0 Å². The number of ether oxygens (including phenoxy) is 1. The second kappa shape index (κ2) is 8.84. The minimum Gasteiger partial charge on any atom is -0.497 e. The summed E-state index contributed by atoms with van der Waals surface area (Å²) in [6.07, 6.45) is 1.58. The number of rotatable bonds is 6. The van der Waals surface area contributed by atoms with Crippen LogP contribution in [0.1, 0.15) is 11.1 Å². The van der Waals surface area contributed by atoms with Crippen molar-refractivity contribution in [1.82, 2.24) is 5.43 Å². The molecule has 0 radical (unpaired) electrons. The maximum absolute atomic E-state index is 11.9. The van der Waals surface area contributed by atoms with Crippen molar-refractivity contribution >= 4 is 49.7 Å². The fourth-order valence-corrected chi connectivity index (χ4v) is 3.64. The molecule has 2 N–H and O–H groups in total. The number of carbonyl (C=O) groups is 1. The zero-order valence-corrected chi connectivity index (χ0v) is 16.4. The lowest BCUT2D eigenvalue weighted by atomic mass is 10.2. The van der Waals surface area contributed by atoms with Crippen molar-refractivity contribution in [3.63, 3.8) is 0 Å². The highest BCUT2D eigenvalue weighted by Crippen LogP contribution is 2.32. The van der Waals surface area contributed by atoms with Crippen LogP contribution in [0.4, 0.5) is 5.69 Å². The smallest absolute Gasteiger partial charge is 0.259 e. The number of methoxy groups -OCH3 is 1. The molecule has 2 aromatic carbocycles. The Morgan fingerprint density at radius 2 is 1.83 bits per heavy atom. The van der Waals surface area contributed by atoms with E-state index in [4.69, 9.17) is 4.74 Å². The number of anilines is 1. The number of nitrogens with one attached hydrogen (secondary N) is 2. The second-order valence-electron chi connectivity index (χ2n) is 5.02. The van der Waals surface area contributed by atoms with Gasteiger partial charge in [0.25, 0.3) is 5.91 Å². The lowest BCUT2D eigenvalue weighted by Gasteiger charge is -2.11. The van der Waals surface area contributed by atoms with Gasteiger partial charge >= 0.3 is 0 Å². The van der Waals surface area contributed by atoms with Crippen LogP contribution < -0.4 is 15.5 Å². The van der Waals surface area contributed by atoms with E-state index >= 15 is 0 Å². The summed E-state index contributed by atoms with van der Waals surface area (Å²) in [6.45, 7) is 2.11. The average molecular weight is 455 g/mol. The molecule has 0 saturated heterocycles. The minimum atomic E-state index is -0.237. The summed E-state index contributed by atoms with van der Waals surface area (Å²) in [5.74, 6) is 0.536. The second-order valence-corrected chi connectivity index (χ2v) is 6.73. The monoisotopic (exact) mass is 453 g/mol. The summed E-state index contributed by atoms with van der Waals surface area (Å²) in [5.41, 5.74) is 5.30. The van der Waals surface area contributed by atoms with Crippen LogP contribution in [0.15, 0.2) is 50.4 Å². The van der Waals surface area contributed by atoms with Gasteiger partial charge in [-0.1, -0.05) is 0 Å². The van der Waals surface area contributed by atoms with Crippen LogP contribution in [0.2, 0.25) is 0 Å². The fourth-order valence-electron chi connectivity index (χ4n) is 1.95. The van der Waals surface area contributed by atoms with Crippen molar-refractivity contribution in [3.05, 3.63) is 56.5 Å². The molecule has 0 atom stereocenters. The van der Waals surface area contributed by atoms with E-state index in [-0.39, 0.29) is 12.5 Å². The molecule has 0 heterocycles. The molecule has 126 valence electrons. The minimum absolute atomic E-state index is 0.111. The molecule has 24 heavy (non-hydrogen) atoms. The van der Waals surface area contributed by atoms with Gasteiger partial charge in [-0.05, 0) is 86.3 Å². The average Bonchev–Trinajstić information content (AvgIpc) is 2.54. The number of amides is 1. The highest BCUT2D eigenvalue weighted by Gasteiger charge is 2.07. The van der Waals surface area contributed by atoms with Crippen molar-refractivity contribution in [2.75, 3.05) is 19.0 Å². The molecule has 0 bridgehead atoms. The number of halogens is 2. The van der Waals surface area contributed by atoms with E-state index in [1.165, 1.54) is 0 Å². The topological polar surface area (TPSA) is 62.7 Å². The first kappa shape index (κ1) is 18.5. The Kier molecular flexibility index (Phi) is 6.81. The third-order valence-corrected chi connectivity index (χ3v) is 4.38. The SMILES string of the molecule is COc1ccc(C=NNC(=O)CNc2c(Br)cc(C)cc2Br)cc1. The molecule has 2 aromatic rings. The van der Waals surface area contributed by atoms with Gasteiger partial charge in [-0.25, -0.2) is 5.43 Å². The van der Waals surface area contributed by atoms with E-state index in [0.29, 0.717) is 0 Å². The van der Waals surface area contributed by atoms with E-state index < -0.39 is 0 Å². The Bertz CT molecular complexity index is 723. The van der Waals surface area contributed by atoms with Gasteiger partial charge in [0, 0.05) is 8.95 Å². The van der Waals surface area contributed by atoms with Crippen LogP contribution in [0.25, 0.3) is 0 Å². The first-order chi connectivity index (χ1) is 11.5. The van der Waals surface area contributed by atoms with Crippen LogP contribution in [-0.4, -0.2) is 25.8 Å². The molecule has 0 fully saturated rings. The van der Waals surface area contributed by atoms with Gasteiger partial charge in [-0.2, -0.15) is 5.10 Å². The zero-order chi connectivity index (χ0) is 17.5. The summed E-state index contributed by atoms with van der Waals surface area (Å²) in [4.78, 5) is 11.9. The normalized spacial score (nSPS) is 10.7. The Hall–Kier alpha value is -1.86. The first-order valence-corrected chi connectivity index (χ1v) is 8.73. The maximum atomic E-state index is 11.9. The van der Waals surface area contributed by atoms with Gasteiger partial charge in [0.15, 0.2) is 0 Å². The molecule has 0 aliphatic heterocycles. The molecule has 0 aromatic heterocycles. The summed E-state index contributed by atoms with van der Waals surface area (Å²) in [6, 6.07) is 11.3. The van der Waals surface area contributed by atoms with Crippen LogP contribution in [0.3, 0.4) is 0 Å². The summed E-state index contributed by atoms with van der Waals surface area (Å²) in [7, 11) is 1.61. The molecule has 0 saturated carbocycles. The molecule has 7 heteroatoms. The largest absolute Gasteiger partial charge is 0.497 e. The Balaban J connectivity index is 1.86. The number of aryl methyl sites for hydroxylation is 1. The predicted octanol–water partition coefficient (Wildman–Crippen LogP) is 4.09. The van der Waals surface area contributed by atoms with Crippen molar-refractivity contribution in [1.29, 1.82) is 0 Å². The summed E-state index contributed by atoms with van der Waals surface area (Å²) in [5, 5.41) is 7.02. The third kappa shape index (κ3) is 5.35. The molecule has 5 nitrogen and oxygen atoms in total. The number of carbonyl (C=O) groups excluding carboxylic acids is 1. The quantitative estimate of drug-likeness (QED) is 0.510. The van der Waals surface area contributed by atoms with Crippen LogP contribution in [0, 0.1) is 6.92 Å². The molecule has 0 aliphatic carbocycles. The number of hydrazone groups is 1. The Morgan fingerprint density at radius 1 is 1.21 bits per heavy atom. The highest BCUT2D eigenvalue weighted by molar-refractivity contribution is 9.11. The van der Waals surface area contributed by atoms with Crippen LogP contribution >= 0.6 is 31.9 Å². The van der Waals surface area contributed by atoms with E-state index in [2.05, 4.69) is 47.7 Å². The number of hydrogen-bond donors (Lipinski definition) is 2. The standard InChI is InChI=1S/C17H17Br2N3O2/c1-11-7-14(18)17(15(19)8-11)20-10-16(23)22-21-9-12-3-5-13(24-2)6-4-12/h3-9,20H,10H2,1-2H3,(H,22,23). The summed E-state index contributed by atoms with van der Waals surface area (Å²) < 4.78 is 6.87. The predicted molar refractivity (Wildman–Crippen MR) is 104 cm³/mol. The maximum Gasteiger partial charge on any atom is 0.259 e. The fraction of sp³-hybridized carbons (Fsp3) is 0.176. The number of nitrogens with zero attached hydrogens (tertiary/aromatic N) is 1. The van der Waals surface area contributed by atoms with Crippen molar-refractivity contribution < 1.29 is 9.53 Å². The molecule has 1 amide bonds. The van der Waals surface area contributed by atoms with Gasteiger partial charge < -0.3 is 10.1 Å². The Labute approximate surface area is 157 Å². The Morgan fingerprint density at radius 3 is 2.42 bits per heavy atom. The van der Waals surface area contributed by atoms with E-state index in [9.17, 15) is 4.79 Å². The van der Waals surface area contributed by atoms with Gasteiger partial charge in [0.2, 0.25) is 0 Å². The van der Waals surface area contributed by atoms with Crippen LogP contribution in [-0.2, 0) is 4.79 Å². The molecule has 0 spiro atoms. The third-order valence-electron chi connectivity index (χ3n) is 3.13. The van der Waals surface area contributed by atoms with E-state index in [1.54, 1.807) is 13.3 Å². The first-order valence-electron chi connectivity index (χ1n) is 7.15. The van der Waals surface area contributed by atoms with E-state index in [0.717, 1.165) is 31.5 Å². The molecule has 0 aliphatic rings. The molecular formula is C17H17Br2N3O2. The van der Waals surface area contributed by atoms with Gasteiger partial charge in [0.05, 0.1) is 25.6 Å². The molecule has 0 unspecified atom stereocenters. The van der Waals surface area contributed by atoms with Gasteiger partial charge in [0.1, 0.15) is 5.75 Å². The van der Waals surface area contributed by atoms with E-state index in [1.807, 2.05) is 43.3 Å². The molecule has 2 rings (SSSR count). The lowest BCUT2D eigenvalue weighted by molar-refractivity contribution is -0.119. The van der Waals surface area contributed by atoms with Crippen molar-refractivity contribution in [2.24, 2.45) is 5.10 Å². The highest BCUT2D eigenvalue weighted by atomic mass is 79.9. The van der Waals surface area contributed by atoms with Crippen molar-refractivity contribution in [2.45, 2.75) is 6.92 Å². The van der Waals surface area contributed by atoms with Crippen molar-refractivity contribution in [3.8, 4) is 5.75 Å². The summed E-state index contributed by atoms with van der Waals surface area (Å²) >= 11 is 6.96. The number of benzene rings is 2. The number of hydrogen-bond acceptors (Lipinski definition) is 4. The zero-order valence-electron chi connectivity index (χ0n) is 13.3.